The van der Waals surface area contributed by atoms with E-state index in [1.165, 1.54) is 12.1 Å². The van der Waals surface area contributed by atoms with E-state index in [-0.39, 0.29) is 47.6 Å². The van der Waals surface area contributed by atoms with Crippen molar-refractivity contribution in [2.75, 3.05) is 57.1 Å². The summed E-state index contributed by atoms with van der Waals surface area (Å²) < 4.78 is 50.4. The third kappa shape index (κ3) is 9.38. The lowest BCUT2D eigenvalue weighted by Gasteiger charge is -2.37. The van der Waals surface area contributed by atoms with Crippen LogP contribution in [-0.4, -0.2) is 91.1 Å². The van der Waals surface area contributed by atoms with Gasteiger partial charge in [0, 0.05) is 98.6 Å². The Kier molecular flexibility index (Phi) is 12.6. The summed E-state index contributed by atoms with van der Waals surface area (Å²) in [6.45, 7) is 2.83. The Hall–Kier alpha value is -5.08. The summed E-state index contributed by atoms with van der Waals surface area (Å²) in [5, 5.41) is 7.16. The number of alkyl halides is 3. The van der Waals surface area contributed by atoms with Gasteiger partial charge in [0.2, 0.25) is 17.7 Å². The second-order valence-corrected chi connectivity index (χ2v) is 16.4. The number of aromatic nitrogens is 1. The minimum absolute atomic E-state index is 0.0240. The summed E-state index contributed by atoms with van der Waals surface area (Å²) in [6, 6.07) is 10.7. The molecule has 59 heavy (non-hydrogen) atoms. The lowest BCUT2D eigenvalue weighted by Crippen LogP contribution is -2.47. The second-order valence-electron chi connectivity index (χ2n) is 16.0. The number of hydrogen-bond acceptors (Lipinski definition) is 8. The van der Waals surface area contributed by atoms with Crippen LogP contribution in [0.15, 0.2) is 82.0 Å². The molecule has 4 aliphatic rings. The van der Waals surface area contributed by atoms with Gasteiger partial charge in [-0.05, 0) is 98.0 Å². The number of benzene rings is 2. The fraction of sp³-hybridized carbons (Fsp3) is 0.455. The highest BCUT2D eigenvalue weighted by Crippen LogP contribution is 2.40. The molecule has 1 aliphatic carbocycles. The molecule has 2 N–H and O–H groups in total. The minimum atomic E-state index is -4.64. The van der Waals surface area contributed by atoms with Crippen molar-refractivity contribution >= 4 is 57.0 Å². The number of allylic oxidation sites excluding steroid dienone is 5. The number of carbonyl (C=O) groups is 3. The Labute approximate surface area is 346 Å². The van der Waals surface area contributed by atoms with Gasteiger partial charge in [0.1, 0.15) is 11.8 Å². The number of carbonyl (C=O) groups excluding carboxylic acids is 3. The number of imide groups is 1. The smallest absolute Gasteiger partial charge is 0.418 e. The molecule has 2 aromatic carbocycles. The molecule has 3 saturated heterocycles. The van der Waals surface area contributed by atoms with Gasteiger partial charge in [-0.1, -0.05) is 29.8 Å². The molecule has 15 heteroatoms. The first-order valence-electron chi connectivity index (χ1n) is 20.2. The summed E-state index contributed by atoms with van der Waals surface area (Å²) in [5.41, 5.74) is 2.06. The molecule has 2 unspecified atom stereocenters. The quantitative estimate of drug-likeness (QED) is 0.226. The largest absolute Gasteiger partial charge is 0.501 e. The predicted molar refractivity (Wildman–Crippen MR) is 223 cm³/mol. The molecule has 1 aromatic heterocycles. The number of fused-ring (bicyclic) bond motifs is 1. The van der Waals surface area contributed by atoms with Crippen molar-refractivity contribution in [3.8, 4) is 0 Å². The van der Waals surface area contributed by atoms with Crippen LogP contribution in [0.4, 0.5) is 24.5 Å². The molecular formula is C44H50ClF3N6O5. The van der Waals surface area contributed by atoms with Gasteiger partial charge < -0.3 is 24.4 Å². The third-order valence-corrected chi connectivity index (χ3v) is 12.5. The van der Waals surface area contributed by atoms with Crippen LogP contribution in [0.25, 0.3) is 16.3 Å². The van der Waals surface area contributed by atoms with E-state index in [0.29, 0.717) is 49.3 Å². The van der Waals surface area contributed by atoms with Gasteiger partial charge in [0.05, 0.1) is 12.7 Å². The number of likely N-dealkylation sites (tertiary alicyclic amines) is 1. The normalized spacial score (nSPS) is 21.4. The van der Waals surface area contributed by atoms with Crippen molar-refractivity contribution in [3.63, 3.8) is 0 Å². The van der Waals surface area contributed by atoms with Crippen molar-refractivity contribution in [3.05, 3.63) is 98.7 Å². The van der Waals surface area contributed by atoms with Crippen molar-refractivity contribution in [1.82, 2.24) is 19.7 Å². The Morgan fingerprint density at radius 2 is 1.73 bits per heavy atom. The molecule has 0 bridgehead atoms. The first kappa shape index (κ1) is 42.1. The van der Waals surface area contributed by atoms with Crippen LogP contribution in [0.2, 0.25) is 0 Å². The van der Waals surface area contributed by atoms with Crippen LogP contribution in [0.5, 0.6) is 0 Å². The van der Waals surface area contributed by atoms with Crippen LogP contribution in [0.3, 0.4) is 0 Å². The molecular weight excluding hydrogens is 785 g/mol. The van der Waals surface area contributed by atoms with Gasteiger partial charge >= 0.3 is 6.18 Å². The monoisotopic (exact) mass is 834 g/mol. The number of amides is 3. The second kappa shape index (κ2) is 17.6. The average molecular weight is 835 g/mol. The molecule has 3 aromatic rings. The number of nitrogens with zero attached hydrogens (tertiary/aromatic N) is 4. The van der Waals surface area contributed by atoms with Crippen LogP contribution >= 0.6 is 11.6 Å². The van der Waals surface area contributed by atoms with E-state index < -0.39 is 29.6 Å². The third-order valence-electron chi connectivity index (χ3n) is 12.2. The van der Waals surface area contributed by atoms with E-state index in [0.717, 1.165) is 66.3 Å². The average Bonchev–Trinajstić information content (AvgIpc) is 3.55. The van der Waals surface area contributed by atoms with E-state index in [4.69, 9.17) is 16.3 Å². The Morgan fingerprint density at radius 1 is 0.983 bits per heavy atom. The van der Waals surface area contributed by atoms with Crippen LogP contribution in [-0.2, 0) is 32.3 Å². The highest BCUT2D eigenvalue weighted by Gasteiger charge is 2.38. The van der Waals surface area contributed by atoms with Crippen molar-refractivity contribution < 1.29 is 32.3 Å². The summed E-state index contributed by atoms with van der Waals surface area (Å²) in [7, 11) is 5.24. The minimum Gasteiger partial charge on any atom is -0.501 e. The topological polar surface area (TPSA) is 116 Å². The number of hydrogen-bond donors (Lipinski definition) is 2. The highest BCUT2D eigenvalue weighted by molar-refractivity contribution is 6.32. The molecule has 0 spiro atoms. The molecule has 3 fully saturated rings. The molecule has 0 saturated carbocycles. The zero-order valence-electron chi connectivity index (χ0n) is 33.5. The van der Waals surface area contributed by atoms with E-state index in [9.17, 15) is 32.3 Å². The predicted octanol–water partition coefficient (Wildman–Crippen LogP) is 6.81. The molecule has 2 atom stereocenters. The molecule has 11 nitrogen and oxygen atoms in total. The lowest BCUT2D eigenvalue weighted by molar-refractivity contribution is -0.138. The Balaban J connectivity index is 0.967. The summed E-state index contributed by atoms with van der Waals surface area (Å²) in [4.78, 5) is 56.3. The van der Waals surface area contributed by atoms with Gasteiger partial charge in [-0.3, -0.25) is 29.4 Å². The maximum absolute atomic E-state index is 14.3. The van der Waals surface area contributed by atoms with E-state index in [1.54, 1.807) is 23.6 Å². The summed E-state index contributed by atoms with van der Waals surface area (Å²) in [5.74, 6) is -0.471. The highest BCUT2D eigenvalue weighted by atomic mass is 35.5. The SMILES string of the molecule is COC1=CC(c2cn(C)c(=O)c3ccccc23)=CC(Cl)=C(CN2CCCC(N(C)C(=O)C3CCN(c4ccc(NC5CCC(=O)NC5=O)cc4C(F)(F)F)CC3)CC2)C1. The molecule has 7 rings (SSSR count). The van der Waals surface area contributed by atoms with E-state index >= 15 is 0 Å². The van der Waals surface area contributed by atoms with Crippen molar-refractivity contribution in [2.45, 2.75) is 69.6 Å². The summed E-state index contributed by atoms with van der Waals surface area (Å²) >= 11 is 7.06. The zero-order chi connectivity index (χ0) is 42.0. The van der Waals surface area contributed by atoms with Crippen molar-refractivity contribution in [1.29, 1.82) is 0 Å². The molecule has 314 valence electrons. The van der Waals surface area contributed by atoms with Crippen molar-refractivity contribution in [2.24, 2.45) is 13.0 Å². The van der Waals surface area contributed by atoms with Gasteiger partial charge in [-0.25, -0.2) is 0 Å². The molecule has 0 radical (unpaired) electrons. The first-order valence-corrected chi connectivity index (χ1v) is 20.6. The number of pyridine rings is 1. The first-order chi connectivity index (χ1) is 28.2. The van der Waals surface area contributed by atoms with Gasteiger partial charge in [0.15, 0.2) is 0 Å². The lowest BCUT2D eigenvalue weighted by atomic mass is 9.93. The van der Waals surface area contributed by atoms with Crippen LogP contribution in [0.1, 0.15) is 62.5 Å². The number of nitrogens with one attached hydrogen (secondary N) is 2. The van der Waals surface area contributed by atoms with E-state index in [1.807, 2.05) is 54.6 Å². The fourth-order valence-corrected chi connectivity index (χ4v) is 9.06. The van der Waals surface area contributed by atoms with Gasteiger partial charge in [0.25, 0.3) is 5.56 Å². The number of rotatable bonds is 9. The maximum atomic E-state index is 14.3. The Bertz CT molecular complexity index is 2280. The summed E-state index contributed by atoms with van der Waals surface area (Å²) in [6.07, 6.45) is 5.34. The molecule has 4 heterocycles. The van der Waals surface area contributed by atoms with Gasteiger partial charge in [-0.2, -0.15) is 13.2 Å². The van der Waals surface area contributed by atoms with Crippen LogP contribution < -0.4 is 21.1 Å². The van der Waals surface area contributed by atoms with E-state index in [2.05, 4.69) is 15.5 Å². The number of halogens is 4. The number of piperidine rings is 2. The zero-order valence-corrected chi connectivity index (χ0v) is 34.3. The fourth-order valence-electron chi connectivity index (χ4n) is 8.81. The molecule has 3 amide bonds. The number of ether oxygens (including phenoxy) is 1. The number of anilines is 2. The Morgan fingerprint density at radius 3 is 2.44 bits per heavy atom. The molecule has 3 aliphatic heterocycles. The number of methoxy groups -OCH3 is 1. The van der Waals surface area contributed by atoms with Gasteiger partial charge in [-0.15, -0.1) is 0 Å². The maximum Gasteiger partial charge on any atom is 0.418 e. The number of aryl methyl sites for hydroxylation is 1. The standard InChI is InChI=1S/C44H50ClF3N6O5/c1-51-26-35(33-8-4-5-9-34(33)43(51)58)28-21-32(59-3)22-29(37(45)23-28)25-53-17-6-7-31(16-18-53)52(2)42(57)27-14-19-54(20-15-27)39-12-10-30(24-36(39)44(46,47)48)49-38-11-13-40(55)50-41(38)56/h4-5,8-10,12,21,23-24,26-27,31,38,49H,6-7,11,13-20,22,25H2,1-3H3,(H,50,55,56). The van der Waals surface area contributed by atoms with Crippen LogP contribution in [0, 0.1) is 5.92 Å².